The van der Waals surface area contributed by atoms with E-state index in [9.17, 15) is 8.42 Å². The zero-order valence-corrected chi connectivity index (χ0v) is 11.8. The van der Waals surface area contributed by atoms with E-state index in [4.69, 9.17) is 10.5 Å². The summed E-state index contributed by atoms with van der Waals surface area (Å²) >= 11 is 0. The molecule has 2 aromatic rings. The standard InChI is InChI=1S/C12H17N3O3S/c1-3-19(16,17)7-6-15-11-5-4-9(18-2)8-10(11)14-12(15)13/h4-5,8H,3,6-7H2,1-2H3,(H2,13,14). The summed E-state index contributed by atoms with van der Waals surface area (Å²) in [4.78, 5) is 4.21. The van der Waals surface area contributed by atoms with Crippen LogP contribution in [0.25, 0.3) is 11.0 Å². The van der Waals surface area contributed by atoms with Crippen LogP contribution < -0.4 is 10.5 Å². The number of hydrogen-bond donors (Lipinski definition) is 1. The van der Waals surface area contributed by atoms with E-state index in [0.717, 1.165) is 5.52 Å². The fraction of sp³-hybridized carbons (Fsp3) is 0.417. The molecule has 2 rings (SSSR count). The van der Waals surface area contributed by atoms with Crippen molar-refractivity contribution in [3.63, 3.8) is 0 Å². The molecule has 0 amide bonds. The molecule has 0 spiro atoms. The Bertz CT molecular complexity index is 692. The Hall–Kier alpha value is -1.76. The first-order valence-corrected chi connectivity index (χ1v) is 7.79. The molecular formula is C12H17N3O3S. The number of sulfone groups is 1. The van der Waals surface area contributed by atoms with E-state index in [1.807, 2.05) is 6.07 Å². The van der Waals surface area contributed by atoms with Gasteiger partial charge in [0.1, 0.15) is 5.75 Å². The molecule has 0 aliphatic rings. The number of nitrogen functional groups attached to an aromatic ring is 1. The molecule has 0 fully saturated rings. The summed E-state index contributed by atoms with van der Waals surface area (Å²) in [6, 6.07) is 5.40. The molecule has 104 valence electrons. The lowest BCUT2D eigenvalue weighted by atomic mass is 10.3. The number of hydrogen-bond acceptors (Lipinski definition) is 5. The van der Waals surface area contributed by atoms with Gasteiger partial charge < -0.3 is 15.0 Å². The third kappa shape index (κ3) is 2.81. The van der Waals surface area contributed by atoms with E-state index in [2.05, 4.69) is 4.98 Å². The predicted molar refractivity (Wildman–Crippen MR) is 75.0 cm³/mol. The third-order valence-electron chi connectivity index (χ3n) is 3.05. The summed E-state index contributed by atoms with van der Waals surface area (Å²) < 4.78 is 29.9. The fourth-order valence-electron chi connectivity index (χ4n) is 1.86. The van der Waals surface area contributed by atoms with Crippen molar-refractivity contribution in [1.29, 1.82) is 0 Å². The summed E-state index contributed by atoms with van der Waals surface area (Å²) in [6.07, 6.45) is 0. The van der Waals surface area contributed by atoms with E-state index >= 15 is 0 Å². The van der Waals surface area contributed by atoms with Gasteiger partial charge in [-0.05, 0) is 12.1 Å². The maximum absolute atomic E-state index is 11.5. The number of aromatic nitrogens is 2. The first-order valence-electron chi connectivity index (χ1n) is 5.97. The summed E-state index contributed by atoms with van der Waals surface area (Å²) in [5.41, 5.74) is 7.34. The Labute approximate surface area is 112 Å². The monoisotopic (exact) mass is 283 g/mol. The van der Waals surface area contributed by atoms with Crippen LogP contribution in [-0.4, -0.2) is 36.6 Å². The van der Waals surface area contributed by atoms with E-state index in [1.165, 1.54) is 0 Å². The summed E-state index contributed by atoms with van der Waals surface area (Å²) in [6.45, 7) is 1.94. The van der Waals surface area contributed by atoms with Crippen molar-refractivity contribution in [2.24, 2.45) is 0 Å². The SMILES string of the molecule is CCS(=O)(=O)CCn1c(N)nc2cc(OC)ccc21. The van der Waals surface area contributed by atoms with E-state index in [0.29, 0.717) is 23.8 Å². The molecule has 0 radical (unpaired) electrons. The van der Waals surface area contributed by atoms with Gasteiger partial charge in [-0.2, -0.15) is 0 Å². The van der Waals surface area contributed by atoms with Gasteiger partial charge in [0.25, 0.3) is 0 Å². The lowest BCUT2D eigenvalue weighted by molar-refractivity contribution is 0.415. The van der Waals surface area contributed by atoms with Gasteiger partial charge in [-0.1, -0.05) is 6.92 Å². The number of imidazole rings is 1. The van der Waals surface area contributed by atoms with Gasteiger partial charge in [0.15, 0.2) is 9.84 Å². The molecule has 0 aliphatic carbocycles. The maximum Gasteiger partial charge on any atom is 0.201 e. The van der Waals surface area contributed by atoms with Gasteiger partial charge in [-0.3, -0.25) is 0 Å². The second-order valence-corrected chi connectivity index (χ2v) is 6.69. The fourth-order valence-corrected chi connectivity index (χ4v) is 2.61. The molecule has 1 aromatic carbocycles. The van der Waals surface area contributed by atoms with Crippen LogP contribution >= 0.6 is 0 Å². The number of rotatable bonds is 5. The topological polar surface area (TPSA) is 87.2 Å². The van der Waals surface area contributed by atoms with Crippen LogP contribution in [0, 0.1) is 0 Å². The van der Waals surface area contributed by atoms with E-state index in [1.54, 1.807) is 30.7 Å². The number of nitrogens with two attached hydrogens (primary N) is 1. The van der Waals surface area contributed by atoms with Gasteiger partial charge in [0, 0.05) is 18.4 Å². The van der Waals surface area contributed by atoms with Gasteiger partial charge >= 0.3 is 0 Å². The van der Waals surface area contributed by atoms with Crippen LogP contribution in [0.3, 0.4) is 0 Å². The number of aryl methyl sites for hydroxylation is 1. The molecule has 7 heteroatoms. The van der Waals surface area contributed by atoms with Crippen LogP contribution in [0.4, 0.5) is 5.95 Å². The number of ether oxygens (including phenoxy) is 1. The number of anilines is 1. The first-order chi connectivity index (χ1) is 8.96. The lowest BCUT2D eigenvalue weighted by Gasteiger charge is -2.06. The number of benzene rings is 1. The molecule has 0 bridgehead atoms. The minimum atomic E-state index is -3.02. The Kier molecular flexibility index (Phi) is 3.66. The molecule has 0 atom stereocenters. The molecule has 0 aliphatic heterocycles. The van der Waals surface area contributed by atoms with Crippen molar-refractivity contribution in [2.75, 3.05) is 24.3 Å². The van der Waals surface area contributed by atoms with Crippen molar-refractivity contribution in [2.45, 2.75) is 13.5 Å². The van der Waals surface area contributed by atoms with Gasteiger partial charge in [-0.15, -0.1) is 0 Å². The highest BCUT2D eigenvalue weighted by Crippen LogP contribution is 2.22. The second kappa shape index (κ2) is 5.08. The zero-order chi connectivity index (χ0) is 14.0. The molecule has 1 heterocycles. The van der Waals surface area contributed by atoms with Crippen molar-refractivity contribution >= 4 is 26.8 Å². The van der Waals surface area contributed by atoms with Crippen LogP contribution in [0.15, 0.2) is 18.2 Å². The van der Waals surface area contributed by atoms with E-state index in [-0.39, 0.29) is 11.5 Å². The number of fused-ring (bicyclic) bond motifs is 1. The minimum absolute atomic E-state index is 0.0607. The Balaban J connectivity index is 2.35. The zero-order valence-electron chi connectivity index (χ0n) is 11.0. The van der Waals surface area contributed by atoms with E-state index < -0.39 is 9.84 Å². The molecular weight excluding hydrogens is 266 g/mol. The number of methoxy groups -OCH3 is 1. The van der Waals surface area contributed by atoms with Crippen LogP contribution in [0.1, 0.15) is 6.92 Å². The second-order valence-electron chi connectivity index (χ2n) is 4.21. The average molecular weight is 283 g/mol. The molecule has 0 unspecified atom stereocenters. The quantitative estimate of drug-likeness (QED) is 0.886. The summed E-state index contributed by atoms with van der Waals surface area (Å²) in [5.74, 6) is 1.20. The molecule has 1 aromatic heterocycles. The smallest absolute Gasteiger partial charge is 0.201 e. The maximum atomic E-state index is 11.5. The van der Waals surface area contributed by atoms with Gasteiger partial charge in [0.2, 0.25) is 5.95 Å². The summed E-state index contributed by atoms with van der Waals surface area (Å²) in [7, 11) is -1.44. The predicted octanol–water partition coefficient (Wildman–Crippen LogP) is 1.06. The Morgan fingerprint density at radius 2 is 2.16 bits per heavy atom. The lowest BCUT2D eigenvalue weighted by Crippen LogP contribution is -2.15. The highest BCUT2D eigenvalue weighted by Gasteiger charge is 2.13. The first kappa shape index (κ1) is 13.7. The highest BCUT2D eigenvalue weighted by molar-refractivity contribution is 7.91. The molecule has 0 saturated heterocycles. The van der Waals surface area contributed by atoms with Crippen molar-refractivity contribution in [3.8, 4) is 5.75 Å². The normalized spacial score (nSPS) is 11.9. The van der Waals surface area contributed by atoms with Crippen LogP contribution in [-0.2, 0) is 16.4 Å². The Morgan fingerprint density at radius 1 is 1.42 bits per heavy atom. The average Bonchev–Trinajstić information content (AvgIpc) is 2.71. The van der Waals surface area contributed by atoms with Crippen LogP contribution in [0.5, 0.6) is 5.75 Å². The van der Waals surface area contributed by atoms with Crippen LogP contribution in [0.2, 0.25) is 0 Å². The number of nitrogens with zero attached hydrogens (tertiary/aromatic N) is 2. The third-order valence-corrected chi connectivity index (χ3v) is 4.73. The van der Waals surface area contributed by atoms with Crippen molar-refractivity contribution in [3.05, 3.63) is 18.2 Å². The summed E-state index contributed by atoms with van der Waals surface area (Å²) in [5, 5.41) is 0. The van der Waals surface area contributed by atoms with Gasteiger partial charge in [-0.25, -0.2) is 13.4 Å². The van der Waals surface area contributed by atoms with Crippen molar-refractivity contribution < 1.29 is 13.2 Å². The molecule has 0 saturated carbocycles. The van der Waals surface area contributed by atoms with Gasteiger partial charge in [0.05, 0.1) is 23.9 Å². The molecule has 6 nitrogen and oxygen atoms in total. The Morgan fingerprint density at radius 3 is 2.79 bits per heavy atom. The van der Waals surface area contributed by atoms with Crippen molar-refractivity contribution in [1.82, 2.24) is 9.55 Å². The largest absolute Gasteiger partial charge is 0.497 e. The molecule has 19 heavy (non-hydrogen) atoms. The minimum Gasteiger partial charge on any atom is -0.497 e. The highest BCUT2D eigenvalue weighted by atomic mass is 32.2. The molecule has 2 N–H and O–H groups in total.